The van der Waals surface area contributed by atoms with Crippen molar-refractivity contribution in [1.82, 2.24) is 0 Å². The van der Waals surface area contributed by atoms with E-state index in [-0.39, 0.29) is 11.8 Å². The Morgan fingerprint density at radius 1 is 1.50 bits per heavy atom. The van der Waals surface area contributed by atoms with Gasteiger partial charge in [0.25, 0.3) is 5.69 Å². The van der Waals surface area contributed by atoms with Gasteiger partial charge in [0, 0.05) is 36.9 Å². The molecule has 1 fully saturated rings. The van der Waals surface area contributed by atoms with Crippen molar-refractivity contribution >= 4 is 11.4 Å². The zero-order chi connectivity index (χ0) is 14.5. The largest absolute Gasteiger partial charge is 0.496 e. The Kier molecular flexibility index (Phi) is 4.79. The van der Waals surface area contributed by atoms with Crippen LogP contribution in [0.4, 0.5) is 11.4 Å². The van der Waals surface area contributed by atoms with E-state index in [4.69, 9.17) is 9.47 Å². The monoisotopic (exact) mass is 280 g/mol. The van der Waals surface area contributed by atoms with Gasteiger partial charge in [0.2, 0.25) is 0 Å². The molecule has 1 N–H and O–H groups in total. The molecule has 1 saturated heterocycles. The second-order valence-electron chi connectivity index (χ2n) is 4.92. The van der Waals surface area contributed by atoms with Crippen LogP contribution in [0.15, 0.2) is 18.2 Å². The first-order chi connectivity index (χ1) is 9.63. The van der Waals surface area contributed by atoms with Gasteiger partial charge in [-0.3, -0.25) is 10.1 Å². The van der Waals surface area contributed by atoms with E-state index in [0.29, 0.717) is 17.4 Å². The predicted octanol–water partition coefficient (Wildman–Crippen LogP) is 2.83. The van der Waals surface area contributed by atoms with Crippen molar-refractivity contribution in [3.63, 3.8) is 0 Å². The molecule has 2 atom stereocenters. The van der Waals surface area contributed by atoms with Crippen LogP contribution >= 0.6 is 0 Å². The number of hydrogen-bond acceptors (Lipinski definition) is 5. The van der Waals surface area contributed by atoms with Gasteiger partial charge >= 0.3 is 0 Å². The Morgan fingerprint density at radius 2 is 2.30 bits per heavy atom. The second kappa shape index (κ2) is 6.56. The second-order valence-corrected chi connectivity index (χ2v) is 4.92. The zero-order valence-electron chi connectivity index (χ0n) is 11.8. The zero-order valence-corrected chi connectivity index (χ0v) is 11.8. The molecular formula is C14H20N2O4. The molecule has 1 aliphatic rings. The molecule has 1 aromatic rings. The van der Waals surface area contributed by atoms with Crippen LogP contribution < -0.4 is 10.1 Å². The molecule has 110 valence electrons. The number of methoxy groups -OCH3 is 1. The van der Waals surface area contributed by atoms with Gasteiger partial charge < -0.3 is 14.8 Å². The highest BCUT2D eigenvalue weighted by Crippen LogP contribution is 2.28. The molecule has 2 rings (SSSR count). The number of nitrogens with one attached hydrogen (secondary N) is 1. The molecule has 1 heterocycles. The van der Waals surface area contributed by atoms with E-state index in [2.05, 4.69) is 12.2 Å². The van der Waals surface area contributed by atoms with E-state index in [0.717, 1.165) is 26.0 Å². The summed E-state index contributed by atoms with van der Waals surface area (Å²) in [6.45, 7) is 3.66. The summed E-state index contributed by atoms with van der Waals surface area (Å²) in [5.74, 6) is 0.932. The van der Waals surface area contributed by atoms with Crippen molar-refractivity contribution < 1.29 is 14.4 Å². The molecule has 6 nitrogen and oxygen atoms in total. The fourth-order valence-corrected chi connectivity index (χ4v) is 2.54. The topological polar surface area (TPSA) is 73.6 Å². The van der Waals surface area contributed by atoms with Crippen molar-refractivity contribution in [2.75, 3.05) is 25.6 Å². The molecule has 0 bridgehead atoms. The summed E-state index contributed by atoms with van der Waals surface area (Å²) in [6, 6.07) is 4.71. The van der Waals surface area contributed by atoms with Crippen LogP contribution in [-0.4, -0.2) is 31.3 Å². The number of nitro groups is 1. The van der Waals surface area contributed by atoms with Crippen molar-refractivity contribution in [3.8, 4) is 5.75 Å². The smallest absolute Gasteiger partial charge is 0.275 e. The SMILES string of the molecule is CCC1OCCC1CNc1cc(OC)cc([N+](=O)[O-])c1. The van der Waals surface area contributed by atoms with Crippen LogP contribution in [0.1, 0.15) is 19.8 Å². The van der Waals surface area contributed by atoms with Gasteiger partial charge in [0.15, 0.2) is 0 Å². The van der Waals surface area contributed by atoms with Crippen LogP contribution in [0.2, 0.25) is 0 Å². The first-order valence-corrected chi connectivity index (χ1v) is 6.83. The van der Waals surface area contributed by atoms with Gasteiger partial charge in [0.05, 0.1) is 24.2 Å². The maximum Gasteiger partial charge on any atom is 0.275 e. The predicted molar refractivity (Wildman–Crippen MR) is 76.3 cm³/mol. The molecule has 1 aromatic carbocycles. The molecule has 0 spiro atoms. The number of ether oxygens (including phenoxy) is 2. The lowest BCUT2D eigenvalue weighted by Gasteiger charge is -2.18. The number of benzene rings is 1. The van der Waals surface area contributed by atoms with Gasteiger partial charge in [0.1, 0.15) is 5.75 Å². The van der Waals surface area contributed by atoms with E-state index in [1.54, 1.807) is 6.07 Å². The molecule has 0 amide bonds. The molecule has 0 radical (unpaired) electrons. The van der Waals surface area contributed by atoms with Crippen molar-refractivity contribution in [1.29, 1.82) is 0 Å². The van der Waals surface area contributed by atoms with Gasteiger partial charge in [-0.25, -0.2) is 0 Å². The molecule has 1 aliphatic heterocycles. The third-order valence-corrected chi connectivity index (χ3v) is 3.65. The van der Waals surface area contributed by atoms with Crippen molar-refractivity contribution in [2.45, 2.75) is 25.9 Å². The average molecular weight is 280 g/mol. The maximum absolute atomic E-state index is 10.9. The van der Waals surface area contributed by atoms with E-state index in [1.807, 2.05) is 0 Å². The van der Waals surface area contributed by atoms with Crippen LogP contribution in [0.3, 0.4) is 0 Å². The molecular weight excluding hydrogens is 260 g/mol. The third-order valence-electron chi connectivity index (χ3n) is 3.65. The van der Waals surface area contributed by atoms with Crippen molar-refractivity contribution in [2.24, 2.45) is 5.92 Å². The number of nitro benzene ring substituents is 1. The number of non-ortho nitro benzene ring substituents is 1. The molecule has 0 aliphatic carbocycles. The summed E-state index contributed by atoms with van der Waals surface area (Å²) in [5, 5.41) is 14.1. The van der Waals surface area contributed by atoms with E-state index in [9.17, 15) is 10.1 Å². The Balaban J connectivity index is 2.05. The first kappa shape index (κ1) is 14.6. The highest BCUT2D eigenvalue weighted by molar-refractivity contribution is 5.56. The highest BCUT2D eigenvalue weighted by Gasteiger charge is 2.26. The quantitative estimate of drug-likeness (QED) is 0.640. The van der Waals surface area contributed by atoms with E-state index < -0.39 is 4.92 Å². The van der Waals surface area contributed by atoms with Gasteiger partial charge in [-0.15, -0.1) is 0 Å². The first-order valence-electron chi connectivity index (χ1n) is 6.83. The molecule has 0 aromatic heterocycles. The van der Waals surface area contributed by atoms with E-state index in [1.165, 1.54) is 19.2 Å². The minimum atomic E-state index is -0.415. The Bertz CT molecular complexity index is 478. The summed E-state index contributed by atoms with van der Waals surface area (Å²) < 4.78 is 10.7. The fraction of sp³-hybridized carbons (Fsp3) is 0.571. The number of anilines is 1. The minimum absolute atomic E-state index is 0.0292. The van der Waals surface area contributed by atoms with Gasteiger partial charge in [-0.2, -0.15) is 0 Å². The Hall–Kier alpha value is -1.82. The Labute approximate surface area is 118 Å². The van der Waals surface area contributed by atoms with Gasteiger partial charge in [-0.05, 0) is 12.8 Å². The summed E-state index contributed by atoms with van der Waals surface area (Å²) in [6.07, 6.45) is 2.30. The van der Waals surface area contributed by atoms with Crippen LogP contribution in [-0.2, 0) is 4.74 Å². The number of nitrogens with zero attached hydrogens (tertiary/aromatic N) is 1. The lowest BCUT2D eigenvalue weighted by molar-refractivity contribution is -0.384. The number of hydrogen-bond donors (Lipinski definition) is 1. The van der Waals surface area contributed by atoms with Crippen LogP contribution in [0, 0.1) is 16.0 Å². The normalized spacial score (nSPS) is 21.7. The van der Waals surface area contributed by atoms with E-state index >= 15 is 0 Å². The molecule has 0 saturated carbocycles. The third kappa shape index (κ3) is 3.39. The minimum Gasteiger partial charge on any atom is -0.496 e. The van der Waals surface area contributed by atoms with Crippen LogP contribution in [0.25, 0.3) is 0 Å². The molecule has 6 heteroatoms. The van der Waals surface area contributed by atoms with Crippen molar-refractivity contribution in [3.05, 3.63) is 28.3 Å². The standard InChI is InChI=1S/C14H20N2O4/c1-3-14-10(4-5-20-14)9-15-11-6-12(16(17)18)8-13(7-11)19-2/h6-8,10,14-15H,3-5,9H2,1-2H3. The average Bonchev–Trinajstić information content (AvgIpc) is 2.92. The summed E-state index contributed by atoms with van der Waals surface area (Å²) in [7, 11) is 1.50. The molecule has 2 unspecified atom stereocenters. The fourth-order valence-electron chi connectivity index (χ4n) is 2.54. The van der Waals surface area contributed by atoms with Crippen LogP contribution in [0.5, 0.6) is 5.75 Å². The lowest BCUT2D eigenvalue weighted by Crippen LogP contribution is -2.22. The molecule has 20 heavy (non-hydrogen) atoms. The maximum atomic E-state index is 10.9. The summed E-state index contributed by atoms with van der Waals surface area (Å²) in [4.78, 5) is 10.5. The van der Waals surface area contributed by atoms with Gasteiger partial charge in [-0.1, -0.05) is 6.92 Å². The summed E-state index contributed by atoms with van der Waals surface area (Å²) in [5.41, 5.74) is 0.736. The summed E-state index contributed by atoms with van der Waals surface area (Å²) >= 11 is 0. The highest BCUT2D eigenvalue weighted by atomic mass is 16.6. The lowest BCUT2D eigenvalue weighted by atomic mass is 9.99. The Morgan fingerprint density at radius 3 is 2.95 bits per heavy atom. The number of rotatable bonds is 6.